The quantitative estimate of drug-likeness (QED) is 0.734. The van der Waals surface area contributed by atoms with E-state index in [1.807, 2.05) is 6.92 Å². The molecule has 9 heteroatoms. The standard InChI is InChI=1S/C20H24ClFN4O3/c1-12(26-13(2)27)11-28-16-3-5-17(6-4-16)29-20-18(21)7-14(8-25-20)19-23-9-15(22)10-24-19/h7-10,12,16-17H,3-6,11H2,1-2H3,(H,26,27)/t12-,16-,17-/m0/s1. The van der Waals surface area contributed by atoms with Crippen LogP contribution in [0.2, 0.25) is 5.02 Å². The van der Waals surface area contributed by atoms with Crippen LogP contribution < -0.4 is 10.1 Å². The number of hydrogen-bond donors (Lipinski definition) is 1. The zero-order chi connectivity index (χ0) is 20.8. The largest absolute Gasteiger partial charge is 0.473 e. The van der Waals surface area contributed by atoms with E-state index >= 15 is 0 Å². The fourth-order valence-corrected chi connectivity index (χ4v) is 3.45. The van der Waals surface area contributed by atoms with Crippen LogP contribution in [0.5, 0.6) is 5.88 Å². The van der Waals surface area contributed by atoms with Crippen LogP contribution in [-0.4, -0.2) is 45.7 Å². The number of halogens is 2. The Bertz CT molecular complexity index is 829. The van der Waals surface area contributed by atoms with Crippen molar-refractivity contribution in [2.75, 3.05) is 6.61 Å². The first kappa shape index (κ1) is 21.4. The molecule has 7 nitrogen and oxygen atoms in total. The van der Waals surface area contributed by atoms with Crippen molar-refractivity contribution in [1.82, 2.24) is 20.3 Å². The topological polar surface area (TPSA) is 86.2 Å². The maximum Gasteiger partial charge on any atom is 0.232 e. The fraction of sp³-hybridized carbons (Fsp3) is 0.500. The minimum atomic E-state index is -0.503. The van der Waals surface area contributed by atoms with E-state index in [0.717, 1.165) is 38.1 Å². The monoisotopic (exact) mass is 422 g/mol. The third kappa shape index (κ3) is 6.33. The molecule has 156 valence electrons. The van der Waals surface area contributed by atoms with Crippen LogP contribution in [0.1, 0.15) is 39.5 Å². The van der Waals surface area contributed by atoms with Gasteiger partial charge in [0.1, 0.15) is 11.1 Å². The van der Waals surface area contributed by atoms with E-state index in [9.17, 15) is 9.18 Å². The zero-order valence-corrected chi connectivity index (χ0v) is 17.2. The first-order valence-electron chi connectivity index (χ1n) is 9.59. The second-order valence-electron chi connectivity index (χ2n) is 7.19. The van der Waals surface area contributed by atoms with Gasteiger partial charge in [0.05, 0.1) is 25.1 Å². The Balaban J connectivity index is 1.49. The Morgan fingerprint density at radius 3 is 2.48 bits per heavy atom. The summed E-state index contributed by atoms with van der Waals surface area (Å²) in [5, 5.41) is 3.17. The van der Waals surface area contributed by atoms with Crippen molar-refractivity contribution in [2.24, 2.45) is 0 Å². The van der Waals surface area contributed by atoms with Crippen LogP contribution in [0.25, 0.3) is 11.4 Å². The third-order valence-corrected chi connectivity index (χ3v) is 4.89. The molecule has 0 radical (unpaired) electrons. The Kier molecular flexibility index (Phi) is 7.33. The molecule has 29 heavy (non-hydrogen) atoms. The van der Waals surface area contributed by atoms with Gasteiger partial charge in [-0.15, -0.1) is 0 Å². The lowest BCUT2D eigenvalue weighted by atomic mass is 9.95. The molecule has 1 saturated carbocycles. The summed E-state index contributed by atoms with van der Waals surface area (Å²) < 4.78 is 24.8. The molecule has 0 aliphatic heterocycles. The van der Waals surface area contributed by atoms with Gasteiger partial charge in [-0.25, -0.2) is 19.3 Å². The normalized spacial score (nSPS) is 20.1. The summed E-state index contributed by atoms with van der Waals surface area (Å²) in [6.45, 7) is 3.91. The van der Waals surface area contributed by atoms with E-state index in [1.54, 1.807) is 12.3 Å². The van der Waals surface area contributed by atoms with Crippen molar-refractivity contribution in [2.45, 2.75) is 57.8 Å². The summed E-state index contributed by atoms with van der Waals surface area (Å²) in [4.78, 5) is 23.2. The number of aromatic nitrogens is 3. The van der Waals surface area contributed by atoms with Gasteiger partial charge in [0, 0.05) is 24.7 Å². The summed E-state index contributed by atoms with van der Waals surface area (Å²) >= 11 is 6.31. The number of amides is 1. The lowest BCUT2D eigenvalue weighted by Gasteiger charge is -2.29. The van der Waals surface area contributed by atoms with Crippen molar-refractivity contribution < 1.29 is 18.7 Å². The molecule has 2 aromatic rings. The molecule has 0 bridgehead atoms. The number of hydrogen-bond acceptors (Lipinski definition) is 6. The molecule has 1 fully saturated rings. The number of nitrogens with zero attached hydrogens (tertiary/aromatic N) is 3. The maximum atomic E-state index is 13.0. The second kappa shape index (κ2) is 9.93. The van der Waals surface area contributed by atoms with Crippen LogP contribution in [0.15, 0.2) is 24.7 Å². The van der Waals surface area contributed by atoms with E-state index in [0.29, 0.717) is 28.9 Å². The zero-order valence-electron chi connectivity index (χ0n) is 16.4. The summed E-state index contributed by atoms with van der Waals surface area (Å²) in [6.07, 6.45) is 7.34. The molecule has 1 atom stereocenters. The molecule has 0 saturated heterocycles. The summed E-state index contributed by atoms with van der Waals surface area (Å²) in [5.74, 6) is 0.149. The highest BCUT2D eigenvalue weighted by atomic mass is 35.5. The number of ether oxygens (including phenoxy) is 2. The van der Waals surface area contributed by atoms with Gasteiger partial charge in [0.25, 0.3) is 0 Å². The lowest BCUT2D eigenvalue weighted by molar-refractivity contribution is -0.120. The summed E-state index contributed by atoms with van der Waals surface area (Å²) in [6, 6.07) is 1.66. The van der Waals surface area contributed by atoms with Gasteiger partial charge in [-0.3, -0.25) is 4.79 Å². The van der Waals surface area contributed by atoms with Crippen LogP contribution in [0.3, 0.4) is 0 Å². The lowest BCUT2D eigenvalue weighted by Crippen LogP contribution is -2.36. The SMILES string of the molecule is CC(=O)N[C@@H](C)CO[C@H]1CC[C@H](Oc2ncc(-c3ncc(F)cn3)cc2Cl)CC1. The van der Waals surface area contributed by atoms with Gasteiger partial charge in [0.15, 0.2) is 11.6 Å². The number of nitrogens with one attached hydrogen (secondary N) is 1. The Labute approximate surface area is 174 Å². The Morgan fingerprint density at radius 1 is 1.21 bits per heavy atom. The van der Waals surface area contributed by atoms with Crippen molar-refractivity contribution >= 4 is 17.5 Å². The smallest absolute Gasteiger partial charge is 0.232 e. The van der Waals surface area contributed by atoms with Gasteiger partial charge in [-0.1, -0.05) is 11.6 Å². The highest BCUT2D eigenvalue weighted by Crippen LogP contribution is 2.30. The van der Waals surface area contributed by atoms with Gasteiger partial charge >= 0.3 is 0 Å². The number of carbonyl (C=O) groups is 1. The van der Waals surface area contributed by atoms with Crippen LogP contribution in [0, 0.1) is 5.82 Å². The molecule has 2 aromatic heterocycles. The molecule has 1 N–H and O–H groups in total. The van der Waals surface area contributed by atoms with E-state index < -0.39 is 5.82 Å². The van der Waals surface area contributed by atoms with Gasteiger partial charge in [-0.05, 0) is 38.7 Å². The van der Waals surface area contributed by atoms with E-state index in [1.165, 1.54) is 6.92 Å². The first-order chi connectivity index (χ1) is 13.9. The molecular weight excluding hydrogens is 399 g/mol. The highest BCUT2D eigenvalue weighted by Gasteiger charge is 2.24. The molecular formula is C20H24ClFN4O3. The average molecular weight is 423 g/mol. The summed E-state index contributed by atoms with van der Waals surface area (Å²) in [5.41, 5.74) is 0.591. The third-order valence-electron chi connectivity index (χ3n) is 4.62. The molecule has 1 amide bonds. The van der Waals surface area contributed by atoms with Gasteiger partial charge in [-0.2, -0.15) is 0 Å². The molecule has 2 heterocycles. The predicted molar refractivity (Wildman–Crippen MR) is 106 cm³/mol. The number of pyridine rings is 1. The molecule has 1 aliphatic carbocycles. The minimum Gasteiger partial charge on any atom is -0.473 e. The minimum absolute atomic E-state index is 0.00641. The van der Waals surface area contributed by atoms with E-state index in [-0.39, 0.29) is 24.2 Å². The molecule has 0 aromatic carbocycles. The van der Waals surface area contributed by atoms with Crippen molar-refractivity contribution in [3.63, 3.8) is 0 Å². The molecule has 1 aliphatic rings. The number of carbonyl (C=O) groups excluding carboxylic acids is 1. The fourth-order valence-electron chi connectivity index (χ4n) is 3.24. The van der Waals surface area contributed by atoms with Gasteiger partial charge < -0.3 is 14.8 Å². The highest BCUT2D eigenvalue weighted by molar-refractivity contribution is 6.32. The molecule has 0 spiro atoms. The van der Waals surface area contributed by atoms with E-state index in [4.69, 9.17) is 21.1 Å². The van der Waals surface area contributed by atoms with Crippen molar-refractivity contribution in [1.29, 1.82) is 0 Å². The average Bonchev–Trinajstić information content (AvgIpc) is 2.69. The number of rotatable bonds is 7. The van der Waals surface area contributed by atoms with Crippen LogP contribution in [0.4, 0.5) is 4.39 Å². The van der Waals surface area contributed by atoms with Crippen LogP contribution in [-0.2, 0) is 9.53 Å². The maximum absolute atomic E-state index is 13.0. The van der Waals surface area contributed by atoms with Crippen molar-refractivity contribution in [3.8, 4) is 17.3 Å². The Morgan fingerprint density at radius 2 is 1.86 bits per heavy atom. The molecule has 3 rings (SSSR count). The van der Waals surface area contributed by atoms with Gasteiger partial charge in [0.2, 0.25) is 11.8 Å². The first-order valence-corrected chi connectivity index (χ1v) is 9.97. The summed E-state index contributed by atoms with van der Waals surface area (Å²) in [7, 11) is 0. The molecule has 0 unspecified atom stereocenters. The van der Waals surface area contributed by atoms with Crippen molar-refractivity contribution in [3.05, 3.63) is 35.5 Å². The Hall–Kier alpha value is -2.32. The van der Waals surface area contributed by atoms with Crippen LogP contribution >= 0.6 is 11.6 Å². The second-order valence-corrected chi connectivity index (χ2v) is 7.59. The predicted octanol–water partition coefficient (Wildman–Crippen LogP) is 3.56. The van der Waals surface area contributed by atoms with E-state index in [2.05, 4.69) is 20.3 Å².